The molecule has 33 heavy (non-hydrogen) atoms. The molecule has 0 fully saturated rings. The Labute approximate surface area is 194 Å². The van der Waals surface area contributed by atoms with E-state index in [9.17, 15) is 9.59 Å². The summed E-state index contributed by atoms with van der Waals surface area (Å²) < 4.78 is 5.89. The van der Waals surface area contributed by atoms with Gasteiger partial charge in [-0.15, -0.1) is 0 Å². The van der Waals surface area contributed by atoms with E-state index in [0.717, 1.165) is 6.42 Å². The first kappa shape index (κ1) is 25.8. The van der Waals surface area contributed by atoms with Gasteiger partial charge in [0.1, 0.15) is 11.4 Å². The van der Waals surface area contributed by atoms with E-state index in [-0.39, 0.29) is 11.6 Å². The summed E-state index contributed by atoms with van der Waals surface area (Å²) in [5, 5.41) is 4.86. The number of primary amides is 2. The third-order valence-electron chi connectivity index (χ3n) is 4.63. The van der Waals surface area contributed by atoms with Crippen molar-refractivity contribution in [3.8, 4) is 5.75 Å². The van der Waals surface area contributed by atoms with Crippen molar-refractivity contribution in [2.45, 2.75) is 32.7 Å². The Balaban J connectivity index is 2.01. The van der Waals surface area contributed by atoms with Gasteiger partial charge in [-0.2, -0.15) is 0 Å². The highest BCUT2D eigenvalue weighted by molar-refractivity contribution is 5.96. The molecule has 0 heterocycles. The molecule has 0 spiro atoms. The van der Waals surface area contributed by atoms with Crippen molar-refractivity contribution in [1.29, 1.82) is 0 Å². The maximum Gasteiger partial charge on any atom is 0.248 e. The van der Waals surface area contributed by atoms with Gasteiger partial charge in [0.25, 0.3) is 0 Å². The van der Waals surface area contributed by atoms with Gasteiger partial charge in [-0.1, -0.05) is 13.0 Å². The highest BCUT2D eigenvalue weighted by atomic mass is 16.7. The Bertz CT molecular complexity index is 951. The topological polar surface area (TPSA) is 172 Å². The van der Waals surface area contributed by atoms with Crippen molar-refractivity contribution >= 4 is 28.9 Å². The lowest BCUT2D eigenvalue weighted by atomic mass is 10.1. The minimum atomic E-state index is -0.582. The lowest BCUT2D eigenvalue weighted by Gasteiger charge is -2.26. The molecule has 2 aromatic rings. The number of ether oxygens (including phenoxy) is 1. The molecular weight excluding hydrogens is 424 g/mol. The maximum absolute atomic E-state index is 11.6. The number of amides is 2. The first-order valence-corrected chi connectivity index (χ1v) is 10.9. The molecule has 0 aliphatic carbocycles. The lowest BCUT2D eigenvalue weighted by molar-refractivity contribution is 0.0934. The quantitative estimate of drug-likeness (QED) is 0.162. The van der Waals surface area contributed by atoms with Crippen LogP contribution in [0, 0.1) is 0 Å². The zero-order valence-corrected chi connectivity index (χ0v) is 19.2. The predicted octanol–water partition coefficient (Wildman–Crippen LogP) is 1.84. The Morgan fingerprint density at radius 3 is 2.45 bits per heavy atom. The normalized spacial score (nSPS) is 11.6. The zero-order valence-electron chi connectivity index (χ0n) is 19.2. The fourth-order valence-corrected chi connectivity index (χ4v) is 3.06. The molecular formula is C23H34N6O4. The van der Waals surface area contributed by atoms with Crippen LogP contribution in [0.25, 0.3) is 0 Å². The van der Waals surface area contributed by atoms with Crippen molar-refractivity contribution in [3.63, 3.8) is 0 Å². The monoisotopic (exact) mass is 458 g/mol. The van der Waals surface area contributed by atoms with Crippen LogP contribution in [0.5, 0.6) is 5.75 Å². The van der Waals surface area contributed by atoms with Crippen LogP contribution in [0.2, 0.25) is 0 Å². The van der Waals surface area contributed by atoms with E-state index in [1.54, 1.807) is 29.3 Å². The fourth-order valence-electron chi connectivity index (χ4n) is 3.06. The molecule has 10 heteroatoms. The molecule has 0 saturated carbocycles. The number of hydrogen-bond acceptors (Lipinski definition) is 8. The van der Waals surface area contributed by atoms with Crippen molar-refractivity contribution in [2.75, 3.05) is 42.4 Å². The second kappa shape index (κ2) is 12.5. The van der Waals surface area contributed by atoms with Gasteiger partial charge in [0.05, 0.1) is 31.1 Å². The number of rotatable bonds is 14. The number of nitrogens with two attached hydrogens (primary N) is 4. The molecule has 180 valence electrons. The van der Waals surface area contributed by atoms with Crippen LogP contribution in [0.3, 0.4) is 0 Å². The van der Waals surface area contributed by atoms with Gasteiger partial charge in [0, 0.05) is 30.1 Å². The summed E-state index contributed by atoms with van der Waals surface area (Å²) in [6.07, 6.45) is 1.44. The standard InChI is InChI=1S/C23H34N6O4/c1-3-8-28-21-19(25)12-17(23(27)31)13-20(21)32-9-5-10-33-29(14-15(2)24)18-7-4-6-16(11-18)22(26)30/h4,6-7,11-13,15,28H,3,5,8-10,14,24-25H2,1-2H3,(H2,26,30)(H2,27,31). The number of carbonyl (C=O) groups is 2. The van der Waals surface area contributed by atoms with Gasteiger partial charge < -0.3 is 33.0 Å². The molecule has 9 N–H and O–H groups in total. The summed E-state index contributed by atoms with van der Waals surface area (Å²) >= 11 is 0. The third kappa shape index (κ3) is 7.85. The van der Waals surface area contributed by atoms with E-state index in [0.29, 0.717) is 61.1 Å². The third-order valence-corrected chi connectivity index (χ3v) is 4.63. The molecule has 2 rings (SSSR count). The summed E-state index contributed by atoms with van der Waals surface area (Å²) in [6, 6.07) is 9.79. The Morgan fingerprint density at radius 2 is 1.82 bits per heavy atom. The van der Waals surface area contributed by atoms with Gasteiger partial charge >= 0.3 is 0 Å². The highest BCUT2D eigenvalue weighted by Crippen LogP contribution is 2.32. The second-order valence-corrected chi connectivity index (χ2v) is 7.72. The summed E-state index contributed by atoms with van der Waals surface area (Å²) in [7, 11) is 0. The number of hydroxylamine groups is 1. The molecule has 10 nitrogen and oxygen atoms in total. The van der Waals surface area contributed by atoms with E-state index >= 15 is 0 Å². The number of hydrogen-bond donors (Lipinski definition) is 5. The van der Waals surface area contributed by atoms with Gasteiger partial charge in [0.15, 0.2) is 0 Å². The van der Waals surface area contributed by atoms with Gasteiger partial charge in [-0.05, 0) is 43.7 Å². The van der Waals surface area contributed by atoms with Gasteiger partial charge in [0.2, 0.25) is 11.8 Å². The summed E-state index contributed by atoms with van der Waals surface area (Å²) in [4.78, 5) is 29.0. The number of nitrogens with one attached hydrogen (secondary N) is 1. The maximum atomic E-state index is 11.6. The highest BCUT2D eigenvalue weighted by Gasteiger charge is 2.14. The van der Waals surface area contributed by atoms with Crippen molar-refractivity contribution in [3.05, 3.63) is 47.5 Å². The number of benzene rings is 2. The molecule has 0 aromatic heterocycles. The average molecular weight is 459 g/mol. The Kier molecular flexibility index (Phi) is 9.77. The van der Waals surface area contributed by atoms with E-state index in [1.165, 1.54) is 6.07 Å². The summed E-state index contributed by atoms with van der Waals surface area (Å²) in [6.45, 7) is 5.66. The van der Waals surface area contributed by atoms with E-state index in [1.807, 2.05) is 19.9 Å². The van der Waals surface area contributed by atoms with E-state index in [4.69, 9.17) is 32.5 Å². The molecule has 1 atom stereocenters. The molecule has 0 aliphatic heterocycles. The SMILES string of the molecule is CCCNc1c(N)cc(C(N)=O)cc1OCCCON(CC(C)N)c1cccc(C(N)=O)c1. The Morgan fingerprint density at radius 1 is 1.09 bits per heavy atom. The van der Waals surface area contributed by atoms with E-state index in [2.05, 4.69) is 5.32 Å². The van der Waals surface area contributed by atoms with Crippen LogP contribution in [-0.2, 0) is 4.84 Å². The lowest BCUT2D eigenvalue weighted by Crippen LogP contribution is -2.36. The average Bonchev–Trinajstić information content (AvgIpc) is 2.77. The minimum absolute atomic E-state index is 0.162. The van der Waals surface area contributed by atoms with E-state index < -0.39 is 11.8 Å². The molecule has 0 aliphatic rings. The number of nitrogen functional groups attached to an aromatic ring is 1. The van der Waals surface area contributed by atoms with Crippen molar-refractivity contribution in [1.82, 2.24) is 0 Å². The van der Waals surface area contributed by atoms with Crippen LogP contribution in [0.1, 0.15) is 47.4 Å². The molecule has 2 amide bonds. The van der Waals surface area contributed by atoms with Crippen LogP contribution in [0.15, 0.2) is 36.4 Å². The van der Waals surface area contributed by atoms with Crippen molar-refractivity contribution in [2.24, 2.45) is 17.2 Å². The first-order chi connectivity index (χ1) is 15.7. The molecule has 1 unspecified atom stereocenters. The molecule has 0 radical (unpaired) electrons. The summed E-state index contributed by atoms with van der Waals surface area (Å²) in [5.41, 5.74) is 25.2. The molecule has 0 bridgehead atoms. The summed E-state index contributed by atoms with van der Waals surface area (Å²) in [5.74, 6) is -0.642. The molecule has 2 aromatic carbocycles. The van der Waals surface area contributed by atoms with Crippen LogP contribution < -0.4 is 38.1 Å². The zero-order chi connectivity index (χ0) is 24.4. The Hall–Kier alpha value is -3.50. The largest absolute Gasteiger partial charge is 0.491 e. The minimum Gasteiger partial charge on any atom is -0.491 e. The van der Waals surface area contributed by atoms with Crippen molar-refractivity contribution < 1.29 is 19.2 Å². The second-order valence-electron chi connectivity index (χ2n) is 7.72. The smallest absolute Gasteiger partial charge is 0.248 e. The number of nitrogens with zero attached hydrogens (tertiary/aromatic N) is 1. The number of anilines is 3. The van der Waals surface area contributed by atoms with Crippen LogP contribution >= 0.6 is 0 Å². The first-order valence-electron chi connectivity index (χ1n) is 10.9. The predicted molar refractivity (Wildman–Crippen MR) is 130 cm³/mol. The van der Waals surface area contributed by atoms with Crippen LogP contribution in [0.4, 0.5) is 17.1 Å². The fraction of sp³-hybridized carbons (Fsp3) is 0.391. The van der Waals surface area contributed by atoms with Gasteiger partial charge in [-0.25, -0.2) is 0 Å². The molecule has 0 saturated heterocycles. The van der Waals surface area contributed by atoms with Crippen LogP contribution in [-0.4, -0.2) is 44.2 Å². The van der Waals surface area contributed by atoms with Gasteiger partial charge in [-0.3, -0.25) is 19.5 Å². The number of carbonyl (C=O) groups excluding carboxylic acids is 2.